The number of epoxide rings is 1. The number of carbonyl (C=O) groups is 1. The van der Waals surface area contributed by atoms with E-state index in [1.165, 1.54) is 31.9 Å². The molecule has 2 saturated carbocycles. The first-order valence-corrected chi connectivity index (χ1v) is 9.09. The van der Waals surface area contributed by atoms with Gasteiger partial charge in [-0.25, -0.2) is 4.79 Å². The van der Waals surface area contributed by atoms with Crippen LogP contribution in [0.25, 0.3) is 0 Å². The highest BCUT2D eigenvalue weighted by Gasteiger charge is 2.76. The molecule has 0 aromatic carbocycles. The molecular weight excluding hydrogens is 288 g/mol. The molecule has 5 atom stereocenters. The van der Waals surface area contributed by atoms with Gasteiger partial charge in [0.2, 0.25) is 0 Å². The summed E-state index contributed by atoms with van der Waals surface area (Å²) >= 11 is 0. The lowest BCUT2D eigenvalue weighted by atomic mass is 9.46. The van der Waals surface area contributed by atoms with Gasteiger partial charge in [-0.05, 0) is 55.8 Å². The smallest absolute Gasteiger partial charge is 0.341 e. The van der Waals surface area contributed by atoms with Crippen LogP contribution in [-0.2, 0) is 14.3 Å². The largest absolute Gasteiger partial charge is 0.467 e. The van der Waals surface area contributed by atoms with Crippen LogP contribution in [0.5, 0.6) is 0 Å². The average Bonchev–Trinajstić information content (AvgIpc) is 3.18. The molecule has 1 heterocycles. The predicted octanol–water partition coefficient (Wildman–Crippen LogP) is 4.51. The Balaban J connectivity index is 1.99. The third kappa shape index (κ3) is 2.38. The molecule has 3 aliphatic rings. The van der Waals surface area contributed by atoms with Crippen LogP contribution in [0.4, 0.5) is 0 Å². The fourth-order valence-corrected chi connectivity index (χ4v) is 6.02. The molecule has 130 valence electrons. The number of allylic oxidation sites excluding steroid dienone is 1. The van der Waals surface area contributed by atoms with Crippen molar-refractivity contribution < 1.29 is 14.3 Å². The highest BCUT2D eigenvalue weighted by atomic mass is 16.7. The standard InChI is InChI=1S/C20H32O3/c1-13(2)8-9-14-19(5)11-7-10-18(3,4)15(19)12-16-20(14,23-16)17(21)22-6/h14-16H,1,7-12H2,2-6H3/t14-,15+,16-,19-,20+/m1/s1. The van der Waals surface area contributed by atoms with Crippen molar-refractivity contribution in [3.05, 3.63) is 12.2 Å². The summed E-state index contributed by atoms with van der Waals surface area (Å²) in [4.78, 5) is 12.6. The topological polar surface area (TPSA) is 38.8 Å². The number of fused-ring (bicyclic) bond motifs is 2. The second kappa shape index (κ2) is 5.34. The number of methoxy groups -OCH3 is 1. The van der Waals surface area contributed by atoms with Crippen LogP contribution >= 0.6 is 0 Å². The van der Waals surface area contributed by atoms with E-state index in [-0.39, 0.29) is 23.4 Å². The Morgan fingerprint density at radius 2 is 2.00 bits per heavy atom. The summed E-state index contributed by atoms with van der Waals surface area (Å²) in [5, 5.41) is 0. The van der Waals surface area contributed by atoms with Gasteiger partial charge in [0.05, 0.1) is 13.2 Å². The first kappa shape index (κ1) is 17.0. The van der Waals surface area contributed by atoms with Crippen molar-refractivity contribution in [2.24, 2.45) is 22.7 Å². The van der Waals surface area contributed by atoms with Gasteiger partial charge in [-0.15, -0.1) is 6.58 Å². The molecule has 0 amide bonds. The minimum Gasteiger partial charge on any atom is -0.467 e. The fraction of sp³-hybridized carbons (Fsp3) is 0.850. The van der Waals surface area contributed by atoms with Crippen molar-refractivity contribution in [1.82, 2.24) is 0 Å². The quantitative estimate of drug-likeness (QED) is 0.435. The van der Waals surface area contributed by atoms with Gasteiger partial charge in [0.15, 0.2) is 5.60 Å². The zero-order chi connectivity index (χ0) is 17.0. The molecule has 0 aromatic rings. The first-order valence-electron chi connectivity index (χ1n) is 9.09. The number of esters is 1. The van der Waals surface area contributed by atoms with Gasteiger partial charge in [0, 0.05) is 5.92 Å². The Morgan fingerprint density at radius 3 is 2.61 bits per heavy atom. The van der Waals surface area contributed by atoms with E-state index in [2.05, 4.69) is 34.3 Å². The van der Waals surface area contributed by atoms with Crippen LogP contribution in [0.2, 0.25) is 0 Å². The van der Waals surface area contributed by atoms with Crippen molar-refractivity contribution in [2.45, 2.75) is 77.9 Å². The summed E-state index contributed by atoms with van der Waals surface area (Å²) in [5.74, 6) is 0.698. The molecule has 2 aliphatic carbocycles. The van der Waals surface area contributed by atoms with Gasteiger partial charge >= 0.3 is 5.97 Å². The van der Waals surface area contributed by atoms with Crippen LogP contribution in [0.3, 0.4) is 0 Å². The van der Waals surface area contributed by atoms with Crippen molar-refractivity contribution in [3.63, 3.8) is 0 Å². The van der Waals surface area contributed by atoms with Crippen molar-refractivity contribution in [2.75, 3.05) is 7.11 Å². The maximum atomic E-state index is 12.6. The minimum absolute atomic E-state index is 0.0560. The molecule has 0 N–H and O–H groups in total. The molecule has 3 heteroatoms. The highest BCUT2D eigenvalue weighted by molar-refractivity contribution is 5.84. The molecule has 3 rings (SSSR count). The molecule has 0 radical (unpaired) electrons. The van der Waals surface area contributed by atoms with Crippen LogP contribution in [0.15, 0.2) is 12.2 Å². The summed E-state index contributed by atoms with van der Waals surface area (Å²) in [6.07, 6.45) is 6.70. The molecular formula is C20H32O3. The molecule has 0 aromatic heterocycles. The zero-order valence-electron chi connectivity index (χ0n) is 15.4. The molecule has 3 fully saturated rings. The Morgan fingerprint density at radius 1 is 1.30 bits per heavy atom. The molecule has 1 aliphatic heterocycles. The first-order chi connectivity index (χ1) is 10.7. The summed E-state index contributed by atoms with van der Waals surface area (Å²) in [6, 6.07) is 0. The number of hydrogen-bond donors (Lipinski definition) is 0. The van der Waals surface area contributed by atoms with Crippen LogP contribution < -0.4 is 0 Å². The van der Waals surface area contributed by atoms with Gasteiger partial charge < -0.3 is 9.47 Å². The molecule has 23 heavy (non-hydrogen) atoms. The third-order valence-corrected chi connectivity index (χ3v) is 7.16. The predicted molar refractivity (Wildman–Crippen MR) is 91.0 cm³/mol. The van der Waals surface area contributed by atoms with Crippen molar-refractivity contribution >= 4 is 5.97 Å². The Kier molecular flexibility index (Phi) is 3.95. The Bertz CT molecular complexity index is 523. The lowest BCUT2D eigenvalue weighted by molar-refractivity contribution is -0.158. The molecule has 0 unspecified atom stereocenters. The van der Waals surface area contributed by atoms with Crippen LogP contribution in [0, 0.1) is 22.7 Å². The maximum absolute atomic E-state index is 12.6. The number of rotatable bonds is 4. The zero-order valence-corrected chi connectivity index (χ0v) is 15.4. The van der Waals surface area contributed by atoms with E-state index in [9.17, 15) is 4.79 Å². The summed E-state index contributed by atoms with van der Waals surface area (Å²) in [6.45, 7) is 13.3. The van der Waals surface area contributed by atoms with E-state index in [0.717, 1.165) is 19.3 Å². The second-order valence-corrected chi connectivity index (χ2v) is 9.08. The van der Waals surface area contributed by atoms with Gasteiger partial charge in [-0.2, -0.15) is 0 Å². The van der Waals surface area contributed by atoms with Gasteiger partial charge in [-0.3, -0.25) is 0 Å². The van der Waals surface area contributed by atoms with Crippen molar-refractivity contribution in [3.8, 4) is 0 Å². The summed E-state index contributed by atoms with van der Waals surface area (Å²) < 4.78 is 11.3. The van der Waals surface area contributed by atoms with E-state index in [4.69, 9.17) is 9.47 Å². The lowest BCUT2D eigenvalue weighted by Crippen LogP contribution is -2.57. The van der Waals surface area contributed by atoms with Crippen LogP contribution in [-0.4, -0.2) is 24.8 Å². The Hall–Kier alpha value is -0.830. The van der Waals surface area contributed by atoms with E-state index >= 15 is 0 Å². The summed E-state index contributed by atoms with van der Waals surface area (Å²) in [5.41, 5.74) is 0.979. The van der Waals surface area contributed by atoms with Gasteiger partial charge in [-0.1, -0.05) is 32.8 Å². The van der Waals surface area contributed by atoms with Gasteiger partial charge in [0.1, 0.15) is 0 Å². The summed E-state index contributed by atoms with van der Waals surface area (Å²) in [7, 11) is 1.49. The van der Waals surface area contributed by atoms with E-state index in [0.29, 0.717) is 11.3 Å². The van der Waals surface area contributed by atoms with E-state index < -0.39 is 5.60 Å². The monoisotopic (exact) mass is 320 g/mol. The molecule has 3 nitrogen and oxygen atoms in total. The van der Waals surface area contributed by atoms with Crippen molar-refractivity contribution in [1.29, 1.82) is 0 Å². The fourth-order valence-electron chi connectivity index (χ4n) is 6.02. The van der Waals surface area contributed by atoms with E-state index in [1.54, 1.807) is 0 Å². The molecule has 1 saturated heterocycles. The minimum atomic E-state index is -0.678. The SMILES string of the molecule is C=C(C)CC[C@@H]1[C@@]2(C)CCCC(C)(C)[C@@H]2C[C@H]2O[C@@]12C(=O)OC. The number of carbonyl (C=O) groups excluding carboxylic acids is 1. The average molecular weight is 320 g/mol. The highest BCUT2D eigenvalue weighted by Crippen LogP contribution is 2.69. The normalized spacial score (nSPS) is 44.0. The van der Waals surface area contributed by atoms with Crippen LogP contribution in [0.1, 0.15) is 66.2 Å². The maximum Gasteiger partial charge on any atom is 0.341 e. The van der Waals surface area contributed by atoms with Gasteiger partial charge in [0.25, 0.3) is 0 Å². The lowest BCUT2D eigenvalue weighted by Gasteiger charge is -2.57. The number of ether oxygens (including phenoxy) is 2. The number of hydrogen-bond acceptors (Lipinski definition) is 3. The third-order valence-electron chi connectivity index (χ3n) is 7.16. The Labute approximate surface area is 140 Å². The second-order valence-electron chi connectivity index (χ2n) is 9.08. The van der Waals surface area contributed by atoms with E-state index in [1.807, 2.05) is 0 Å². The molecule has 0 spiro atoms. The molecule has 0 bridgehead atoms.